The lowest BCUT2D eigenvalue weighted by Crippen LogP contribution is -3.12. The molecule has 0 saturated carbocycles. The summed E-state index contributed by atoms with van der Waals surface area (Å²) in [5.74, 6) is -0.170. The van der Waals surface area contributed by atoms with E-state index in [1.165, 1.54) is 10.5 Å². The Morgan fingerprint density at radius 3 is 2.54 bits per heavy atom. The molecule has 2 heterocycles. The highest BCUT2D eigenvalue weighted by Gasteiger charge is 2.14. The summed E-state index contributed by atoms with van der Waals surface area (Å²) in [6.07, 6.45) is 0.0942. The Hall–Kier alpha value is -3.03. The van der Waals surface area contributed by atoms with Crippen LogP contribution in [0.3, 0.4) is 0 Å². The summed E-state index contributed by atoms with van der Waals surface area (Å²) in [5.41, 5.74) is 2.29. The minimum Gasteiger partial charge on any atom is -0.370 e. The molecule has 3 aromatic rings. The van der Waals surface area contributed by atoms with Gasteiger partial charge in [-0.3, -0.25) is 9.59 Å². The summed E-state index contributed by atoms with van der Waals surface area (Å²) < 4.78 is 5.39. The number of H-pyrrole nitrogens is 1. The van der Waals surface area contributed by atoms with Gasteiger partial charge in [-0.05, 0) is 18.2 Å². The number of rotatable bonds is 5. The normalized spacial score (nSPS) is 14.9. The molecule has 0 spiro atoms. The average Bonchev–Trinajstić information content (AvgIpc) is 2.73. The molecule has 1 fully saturated rings. The molecule has 28 heavy (non-hydrogen) atoms. The fraction of sp³-hybridized carbons (Fsp3) is 0.286. The van der Waals surface area contributed by atoms with Crippen LogP contribution in [-0.2, 0) is 22.5 Å². The molecule has 1 saturated heterocycles. The van der Waals surface area contributed by atoms with Crippen molar-refractivity contribution in [2.45, 2.75) is 13.0 Å². The van der Waals surface area contributed by atoms with E-state index < -0.39 is 0 Å². The van der Waals surface area contributed by atoms with E-state index in [-0.39, 0.29) is 17.9 Å². The summed E-state index contributed by atoms with van der Waals surface area (Å²) in [4.78, 5) is 25.8. The molecule has 1 aliphatic heterocycles. The lowest BCUT2D eigenvalue weighted by Gasteiger charge is -2.23. The Bertz CT molecular complexity index is 1020. The number of amides is 1. The van der Waals surface area contributed by atoms with E-state index in [0.29, 0.717) is 16.5 Å². The van der Waals surface area contributed by atoms with Crippen LogP contribution in [0, 0.1) is 0 Å². The monoisotopic (exact) mass is 379 g/mol. The zero-order valence-electron chi connectivity index (χ0n) is 15.5. The molecule has 7 nitrogen and oxygen atoms in total. The van der Waals surface area contributed by atoms with Crippen molar-refractivity contribution in [3.8, 4) is 0 Å². The maximum Gasteiger partial charge on any atom is 0.272 e. The summed E-state index contributed by atoms with van der Waals surface area (Å²) in [7, 11) is 0. The van der Waals surface area contributed by atoms with Crippen LogP contribution in [-0.4, -0.2) is 42.4 Å². The predicted molar refractivity (Wildman–Crippen MR) is 106 cm³/mol. The van der Waals surface area contributed by atoms with Gasteiger partial charge in [0.15, 0.2) is 0 Å². The van der Waals surface area contributed by atoms with E-state index in [2.05, 4.69) is 15.5 Å². The van der Waals surface area contributed by atoms with Crippen LogP contribution >= 0.6 is 0 Å². The van der Waals surface area contributed by atoms with Crippen LogP contribution in [0.25, 0.3) is 10.8 Å². The first kappa shape index (κ1) is 18.3. The lowest BCUT2D eigenvalue weighted by molar-refractivity contribution is -0.921. The maximum absolute atomic E-state index is 12.5. The first-order valence-electron chi connectivity index (χ1n) is 9.45. The van der Waals surface area contributed by atoms with Crippen LogP contribution in [0.15, 0.2) is 53.3 Å². The van der Waals surface area contributed by atoms with Gasteiger partial charge in [-0.15, -0.1) is 0 Å². The van der Waals surface area contributed by atoms with Gasteiger partial charge >= 0.3 is 0 Å². The van der Waals surface area contributed by atoms with Gasteiger partial charge < -0.3 is 15.0 Å². The standard InChI is InChI=1S/C21H22N4O3/c26-20(13-19-17-3-1-2-4-18(17)21(27)24-23-19)22-16-7-5-15(6-8-16)14-25-9-11-28-12-10-25/h1-8H,9-14H2,(H,22,26)(H,24,27)/p+1. The smallest absolute Gasteiger partial charge is 0.272 e. The first-order chi connectivity index (χ1) is 13.7. The van der Waals surface area contributed by atoms with Crippen molar-refractivity contribution in [1.29, 1.82) is 0 Å². The number of nitrogens with one attached hydrogen (secondary N) is 3. The SMILES string of the molecule is O=C(Cc1n[nH]c(=O)c2ccccc12)Nc1ccc(C[NH+]2CCOCC2)cc1. The van der Waals surface area contributed by atoms with Gasteiger partial charge in [-0.1, -0.05) is 30.3 Å². The Morgan fingerprint density at radius 1 is 1.07 bits per heavy atom. The van der Waals surface area contributed by atoms with Crippen LogP contribution in [0.2, 0.25) is 0 Å². The van der Waals surface area contributed by atoms with Crippen molar-refractivity contribution in [2.24, 2.45) is 0 Å². The molecule has 0 aliphatic carbocycles. The van der Waals surface area contributed by atoms with Gasteiger partial charge in [-0.25, -0.2) is 5.10 Å². The fourth-order valence-corrected chi connectivity index (χ4v) is 3.49. The zero-order chi connectivity index (χ0) is 19.3. The molecule has 0 atom stereocenters. The minimum atomic E-state index is -0.252. The van der Waals surface area contributed by atoms with Crippen molar-refractivity contribution in [1.82, 2.24) is 10.2 Å². The van der Waals surface area contributed by atoms with Crippen LogP contribution in [0.5, 0.6) is 0 Å². The number of aromatic amines is 1. The highest BCUT2D eigenvalue weighted by molar-refractivity contribution is 5.95. The number of carbonyl (C=O) groups excluding carboxylic acids is 1. The van der Waals surface area contributed by atoms with Gasteiger partial charge in [0.25, 0.3) is 5.56 Å². The number of quaternary nitrogens is 1. The van der Waals surface area contributed by atoms with E-state index in [0.717, 1.165) is 38.5 Å². The number of anilines is 1. The Kier molecular flexibility index (Phi) is 5.45. The second-order valence-electron chi connectivity index (χ2n) is 7.01. The molecular weight excluding hydrogens is 356 g/mol. The molecule has 4 rings (SSSR count). The van der Waals surface area contributed by atoms with Crippen molar-refractivity contribution < 1.29 is 14.4 Å². The average molecular weight is 379 g/mol. The lowest BCUT2D eigenvalue weighted by atomic mass is 10.1. The molecule has 0 bridgehead atoms. The topological polar surface area (TPSA) is 88.5 Å². The number of morpholine rings is 1. The molecule has 1 amide bonds. The number of carbonyl (C=O) groups is 1. The number of nitrogens with zero attached hydrogens (tertiary/aromatic N) is 1. The molecule has 3 N–H and O–H groups in total. The van der Waals surface area contributed by atoms with Gasteiger partial charge in [0.05, 0.1) is 30.7 Å². The van der Waals surface area contributed by atoms with E-state index in [9.17, 15) is 9.59 Å². The third kappa shape index (κ3) is 4.27. The summed E-state index contributed by atoms with van der Waals surface area (Å²) >= 11 is 0. The van der Waals surface area contributed by atoms with Gasteiger partial charge in [0, 0.05) is 16.6 Å². The number of fused-ring (bicyclic) bond motifs is 1. The first-order valence-corrected chi connectivity index (χ1v) is 9.45. The third-order valence-corrected chi connectivity index (χ3v) is 4.99. The fourth-order valence-electron chi connectivity index (χ4n) is 3.49. The number of ether oxygens (including phenoxy) is 1. The maximum atomic E-state index is 12.5. The molecule has 1 aromatic heterocycles. The summed E-state index contributed by atoms with van der Waals surface area (Å²) in [5, 5.41) is 10.7. The van der Waals surface area contributed by atoms with Crippen molar-refractivity contribution >= 4 is 22.4 Å². The Balaban J connectivity index is 1.40. The molecule has 7 heteroatoms. The second kappa shape index (κ2) is 8.33. The van der Waals surface area contributed by atoms with Crippen LogP contribution < -0.4 is 15.8 Å². The summed E-state index contributed by atoms with van der Waals surface area (Å²) in [6.45, 7) is 4.65. The molecule has 0 radical (unpaired) electrons. The van der Waals surface area contributed by atoms with Crippen LogP contribution in [0.1, 0.15) is 11.3 Å². The number of benzene rings is 2. The molecule has 0 unspecified atom stereocenters. The molecular formula is C21H23N4O3+. The predicted octanol–water partition coefficient (Wildman–Crippen LogP) is 0.519. The minimum absolute atomic E-state index is 0.0942. The van der Waals surface area contributed by atoms with E-state index in [1.807, 2.05) is 36.4 Å². The molecule has 144 valence electrons. The van der Waals surface area contributed by atoms with Crippen molar-refractivity contribution in [3.63, 3.8) is 0 Å². The Labute approximate surface area is 162 Å². The highest BCUT2D eigenvalue weighted by Crippen LogP contribution is 2.14. The quantitative estimate of drug-likeness (QED) is 0.603. The van der Waals surface area contributed by atoms with E-state index >= 15 is 0 Å². The van der Waals surface area contributed by atoms with Crippen LogP contribution in [0.4, 0.5) is 5.69 Å². The van der Waals surface area contributed by atoms with Crippen molar-refractivity contribution in [2.75, 3.05) is 31.6 Å². The second-order valence-corrected chi connectivity index (χ2v) is 7.01. The molecule has 1 aliphatic rings. The van der Waals surface area contributed by atoms with Gasteiger partial charge in [-0.2, -0.15) is 5.10 Å². The third-order valence-electron chi connectivity index (χ3n) is 4.99. The number of hydrogen-bond acceptors (Lipinski definition) is 4. The van der Waals surface area contributed by atoms with Gasteiger partial charge in [0.2, 0.25) is 5.91 Å². The summed E-state index contributed by atoms with van der Waals surface area (Å²) in [6, 6.07) is 15.1. The van der Waals surface area contributed by atoms with E-state index in [4.69, 9.17) is 4.74 Å². The number of aromatic nitrogens is 2. The van der Waals surface area contributed by atoms with Gasteiger partial charge in [0.1, 0.15) is 19.6 Å². The molecule has 2 aromatic carbocycles. The zero-order valence-corrected chi connectivity index (χ0v) is 15.5. The highest BCUT2D eigenvalue weighted by atomic mass is 16.5. The number of hydrogen-bond donors (Lipinski definition) is 3. The van der Waals surface area contributed by atoms with Crippen molar-refractivity contribution in [3.05, 3.63) is 70.1 Å². The Morgan fingerprint density at radius 2 is 1.79 bits per heavy atom. The largest absolute Gasteiger partial charge is 0.370 e. The van der Waals surface area contributed by atoms with E-state index in [1.54, 1.807) is 12.1 Å².